The van der Waals surface area contributed by atoms with Crippen LogP contribution < -0.4 is 5.32 Å². The first-order valence-electron chi connectivity index (χ1n) is 6.48. The summed E-state index contributed by atoms with van der Waals surface area (Å²) < 4.78 is 1.79. The SMILES string of the molecule is O=C(Nc1cnc2cnc(-c3cn[nH]c3)cn12)c1cccs1. The van der Waals surface area contributed by atoms with E-state index < -0.39 is 0 Å². The standard InChI is InChI=1S/C14H10N6OS/c21-14(11-2-1-3-22-11)19-13-7-16-12-6-15-10(8-20(12)13)9-4-17-18-5-9/h1-8H,(H,17,18)(H,19,21). The Morgan fingerprint density at radius 1 is 1.27 bits per heavy atom. The van der Waals surface area contributed by atoms with Crippen LogP contribution >= 0.6 is 11.3 Å². The van der Waals surface area contributed by atoms with E-state index in [4.69, 9.17) is 0 Å². The summed E-state index contributed by atoms with van der Waals surface area (Å²) in [5.41, 5.74) is 2.27. The molecular weight excluding hydrogens is 300 g/mol. The van der Waals surface area contributed by atoms with Crippen molar-refractivity contribution in [3.05, 3.63) is 53.4 Å². The molecule has 0 spiro atoms. The quantitative estimate of drug-likeness (QED) is 0.608. The topological polar surface area (TPSA) is 88.0 Å². The average molecular weight is 310 g/mol. The lowest BCUT2D eigenvalue weighted by Gasteiger charge is -2.04. The van der Waals surface area contributed by atoms with Gasteiger partial charge in [0.05, 0.1) is 29.2 Å². The maximum atomic E-state index is 12.2. The minimum atomic E-state index is -0.154. The minimum absolute atomic E-state index is 0.154. The Bertz CT molecular complexity index is 926. The van der Waals surface area contributed by atoms with Crippen molar-refractivity contribution in [3.8, 4) is 11.3 Å². The van der Waals surface area contributed by atoms with Gasteiger partial charge in [-0.05, 0) is 11.4 Å². The number of aromatic amines is 1. The summed E-state index contributed by atoms with van der Waals surface area (Å²) in [6, 6.07) is 3.62. The highest BCUT2D eigenvalue weighted by Gasteiger charge is 2.11. The van der Waals surface area contributed by atoms with Crippen LogP contribution in [-0.4, -0.2) is 30.5 Å². The molecule has 4 rings (SSSR count). The highest BCUT2D eigenvalue weighted by molar-refractivity contribution is 7.12. The van der Waals surface area contributed by atoms with Crippen molar-refractivity contribution in [1.29, 1.82) is 0 Å². The number of imidazole rings is 1. The monoisotopic (exact) mass is 310 g/mol. The van der Waals surface area contributed by atoms with Crippen molar-refractivity contribution in [1.82, 2.24) is 24.6 Å². The molecule has 0 saturated heterocycles. The predicted octanol–water partition coefficient (Wildman–Crippen LogP) is 2.43. The summed E-state index contributed by atoms with van der Waals surface area (Å²) in [5, 5.41) is 11.4. The molecule has 0 fully saturated rings. The van der Waals surface area contributed by atoms with Gasteiger partial charge in [0.1, 0.15) is 5.82 Å². The van der Waals surface area contributed by atoms with Gasteiger partial charge in [0, 0.05) is 18.0 Å². The van der Waals surface area contributed by atoms with Crippen LogP contribution in [0.15, 0.2) is 48.5 Å². The molecule has 1 amide bonds. The van der Waals surface area contributed by atoms with Gasteiger partial charge < -0.3 is 5.32 Å². The normalized spacial score (nSPS) is 10.9. The fourth-order valence-electron chi connectivity index (χ4n) is 2.11. The van der Waals surface area contributed by atoms with Gasteiger partial charge in [-0.25, -0.2) is 4.98 Å². The first-order valence-corrected chi connectivity index (χ1v) is 7.36. The third-order valence-corrected chi connectivity index (χ3v) is 4.05. The molecule has 0 aliphatic heterocycles. The van der Waals surface area contributed by atoms with Crippen molar-refractivity contribution in [2.75, 3.05) is 5.32 Å². The Labute approximate surface area is 128 Å². The third kappa shape index (κ3) is 2.15. The first kappa shape index (κ1) is 12.7. The predicted molar refractivity (Wildman–Crippen MR) is 82.8 cm³/mol. The summed E-state index contributed by atoms with van der Waals surface area (Å²) in [5.74, 6) is 0.444. The molecule has 7 nitrogen and oxygen atoms in total. The second kappa shape index (κ2) is 5.08. The molecule has 0 unspecified atom stereocenters. The fourth-order valence-corrected chi connectivity index (χ4v) is 2.73. The van der Waals surface area contributed by atoms with E-state index in [-0.39, 0.29) is 5.91 Å². The zero-order valence-corrected chi connectivity index (χ0v) is 12.0. The summed E-state index contributed by atoms with van der Waals surface area (Å²) in [6.45, 7) is 0. The molecule has 8 heteroatoms. The Morgan fingerprint density at radius 3 is 3.00 bits per heavy atom. The summed E-state index contributed by atoms with van der Waals surface area (Å²) >= 11 is 1.39. The first-order chi connectivity index (χ1) is 10.8. The van der Waals surface area contributed by atoms with E-state index in [9.17, 15) is 4.79 Å². The number of hydrogen-bond donors (Lipinski definition) is 2. The minimum Gasteiger partial charge on any atom is -0.306 e. The molecular formula is C14H10N6OS. The molecule has 0 aliphatic carbocycles. The Balaban J connectivity index is 1.72. The lowest BCUT2D eigenvalue weighted by Crippen LogP contribution is -2.11. The van der Waals surface area contributed by atoms with Crippen LogP contribution in [0.5, 0.6) is 0 Å². The number of anilines is 1. The number of H-pyrrole nitrogens is 1. The number of carbonyl (C=O) groups excluding carboxylic acids is 1. The Hall–Kier alpha value is -3.00. The van der Waals surface area contributed by atoms with Crippen molar-refractivity contribution in [3.63, 3.8) is 0 Å². The van der Waals surface area contributed by atoms with Gasteiger partial charge in [-0.3, -0.25) is 19.3 Å². The van der Waals surface area contributed by atoms with Gasteiger partial charge in [0.25, 0.3) is 5.91 Å². The molecule has 0 atom stereocenters. The molecule has 108 valence electrons. The van der Waals surface area contributed by atoms with E-state index in [0.29, 0.717) is 16.3 Å². The lowest BCUT2D eigenvalue weighted by molar-refractivity contribution is 0.103. The maximum Gasteiger partial charge on any atom is 0.266 e. The zero-order valence-electron chi connectivity index (χ0n) is 11.2. The number of hydrogen-bond acceptors (Lipinski definition) is 5. The van der Waals surface area contributed by atoms with Gasteiger partial charge in [0.15, 0.2) is 5.65 Å². The second-order valence-electron chi connectivity index (χ2n) is 4.56. The van der Waals surface area contributed by atoms with Gasteiger partial charge >= 0.3 is 0 Å². The molecule has 22 heavy (non-hydrogen) atoms. The molecule has 0 aromatic carbocycles. The van der Waals surface area contributed by atoms with Crippen molar-refractivity contribution >= 4 is 28.7 Å². The molecule has 0 aliphatic rings. The van der Waals surface area contributed by atoms with Gasteiger partial charge in [-0.1, -0.05) is 6.07 Å². The molecule has 0 saturated carbocycles. The van der Waals surface area contributed by atoms with Crippen molar-refractivity contribution in [2.24, 2.45) is 0 Å². The molecule has 0 radical (unpaired) electrons. The van der Waals surface area contributed by atoms with Crippen LogP contribution in [0.3, 0.4) is 0 Å². The largest absolute Gasteiger partial charge is 0.306 e. The van der Waals surface area contributed by atoms with Gasteiger partial charge in [0.2, 0.25) is 0 Å². The van der Waals surface area contributed by atoms with Crippen LogP contribution in [0.1, 0.15) is 9.67 Å². The maximum absolute atomic E-state index is 12.2. The van der Waals surface area contributed by atoms with Crippen LogP contribution in [-0.2, 0) is 0 Å². The highest BCUT2D eigenvalue weighted by Crippen LogP contribution is 2.19. The second-order valence-corrected chi connectivity index (χ2v) is 5.51. The van der Waals surface area contributed by atoms with Crippen LogP contribution in [0.2, 0.25) is 0 Å². The average Bonchev–Trinajstić information content (AvgIpc) is 3.29. The molecule has 0 bridgehead atoms. The number of amides is 1. The number of carbonyl (C=O) groups is 1. The van der Waals surface area contributed by atoms with Crippen LogP contribution in [0.25, 0.3) is 16.9 Å². The molecule has 4 heterocycles. The van der Waals surface area contributed by atoms with E-state index in [1.54, 1.807) is 35.3 Å². The molecule has 2 N–H and O–H groups in total. The molecule has 4 aromatic heterocycles. The lowest BCUT2D eigenvalue weighted by atomic mass is 10.3. The third-order valence-electron chi connectivity index (χ3n) is 3.18. The number of fused-ring (bicyclic) bond motifs is 1. The Morgan fingerprint density at radius 2 is 2.23 bits per heavy atom. The van der Waals surface area contributed by atoms with Gasteiger partial charge in [-0.15, -0.1) is 11.3 Å². The number of nitrogens with zero attached hydrogens (tertiary/aromatic N) is 4. The molecule has 4 aromatic rings. The van der Waals surface area contributed by atoms with Crippen LogP contribution in [0.4, 0.5) is 5.82 Å². The number of nitrogens with one attached hydrogen (secondary N) is 2. The summed E-state index contributed by atoms with van der Waals surface area (Å²) in [4.78, 5) is 21.4. The Kier molecular flexibility index (Phi) is 2.94. The van der Waals surface area contributed by atoms with E-state index in [2.05, 4.69) is 25.5 Å². The van der Waals surface area contributed by atoms with E-state index in [1.807, 2.05) is 17.6 Å². The van der Waals surface area contributed by atoms with E-state index in [0.717, 1.165) is 11.3 Å². The number of rotatable bonds is 3. The number of thiophene rings is 1. The fraction of sp³-hybridized carbons (Fsp3) is 0. The zero-order chi connectivity index (χ0) is 14.9. The highest BCUT2D eigenvalue weighted by atomic mass is 32.1. The number of aromatic nitrogens is 5. The van der Waals surface area contributed by atoms with Crippen molar-refractivity contribution in [2.45, 2.75) is 0 Å². The van der Waals surface area contributed by atoms with Gasteiger partial charge in [-0.2, -0.15) is 5.10 Å². The van der Waals surface area contributed by atoms with Crippen LogP contribution in [0, 0.1) is 0 Å². The summed E-state index contributed by atoms with van der Waals surface area (Å²) in [7, 11) is 0. The smallest absolute Gasteiger partial charge is 0.266 e. The van der Waals surface area contributed by atoms with Crippen molar-refractivity contribution < 1.29 is 4.79 Å². The van der Waals surface area contributed by atoms with E-state index >= 15 is 0 Å². The van der Waals surface area contributed by atoms with E-state index in [1.165, 1.54) is 11.3 Å². The summed E-state index contributed by atoms with van der Waals surface area (Å²) in [6.07, 6.45) is 8.53.